The minimum atomic E-state index is -4.86. The van der Waals surface area contributed by atoms with Crippen LogP contribution in [0.25, 0.3) is 0 Å². The van der Waals surface area contributed by atoms with Gasteiger partial charge in [-0.05, 0) is 30.7 Å². The number of carbonyl (C=O) groups excluding carboxylic acids is 2. The molecule has 4 rings (SSSR count). The predicted octanol–water partition coefficient (Wildman–Crippen LogP) is 4.30. The smallest absolute Gasteiger partial charge is 0.417 e. The first-order chi connectivity index (χ1) is 15.9. The summed E-state index contributed by atoms with van der Waals surface area (Å²) in [6, 6.07) is 6.37. The van der Waals surface area contributed by atoms with Crippen molar-refractivity contribution in [3.63, 3.8) is 0 Å². The second-order valence-electron chi connectivity index (χ2n) is 8.49. The van der Waals surface area contributed by atoms with Gasteiger partial charge in [0.05, 0.1) is 7.11 Å². The quantitative estimate of drug-likeness (QED) is 0.635. The van der Waals surface area contributed by atoms with Gasteiger partial charge in [0.15, 0.2) is 17.2 Å². The average Bonchev–Trinajstić information content (AvgIpc) is 3.27. The predicted molar refractivity (Wildman–Crippen MR) is 110 cm³/mol. The number of alkyl halides is 3. The third-order valence-electron chi connectivity index (χ3n) is 6.63. The van der Waals surface area contributed by atoms with Crippen LogP contribution in [-0.2, 0) is 16.1 Å². The molecule has 1 fully saturated rings. The molecule has 1 saturated heterocycles. The molecule has 0 saturated carbocycles. The minimum absolute atomic E-state index is 0.129. The number of ether oxygens (including phenoxy) is 2. The van der Waals surface area contributed by atoms with Crippen molar-refractivity contribution in [1.82, 2.24) is 5.32 Å². The fourth-order valence-corrected chi connectivity index (χ4v) is 4.54. The third-order valence-corrected chi connectivity index (χ3v) is 6.63. The fraction of sp³-hybridized carbons (Fsp3) is 0.391. The average molecular weight is 484 g/mol. The minimum Gasteiger partial charge on any atom is -0.493 e. The summed E-state index contributed by atoms with van der Waals surface area (Å²) in [5.74, 6) is -7.19. The van der Waals surface area contributed by atoms with Crippen molar-refractivity contribution in [2.75, 3.05) is 12.4 Å². The van der Waals surface area contributed by atoms with Gasteiger partial charge >= 0.3 is 6.18 Å². The highest BCUT2D eigenvalue weighted by Crippen LogP contribution is 2.55. The SMILES string of the molecule is COc1c([C@H]2[C@H](C(=O)Nc3ccc4c(c3)C(=O)NC4)O[C@@](C)(C(F)(F)F)[C@H]2C)ccc(F)c1F. The van der Waals surface area contributed by atoms with Gasteiger partial charge in [-0.3, -0.25) is 9.59 Å². The van der Waals surface area contributed by atoms with E-state index in [0.717, 1.165) is 26.2 Å². The Bertz CT molecular complexity index is 1170. The Morgan fingerprint density at radius 3 is 2.59 bits per heavy atom. The van der Waals surface area contributed by atoms with E-state index in [1.165, 1.54) is 19.1 Å². The number of methoxy groups -OCH3 is 1. The molecule has 4 atom stereocenters. The van der Waals surface area contributed by atoms with Crippen molar-refractivity contribution >= 4 is 17.5 Å². The molecule has 11 heteroatoms. The van der Waals surface area contributed by atoms with Gasteiger partial charge in [0.1, 0.15) is 6.10 Å². The molecule has 0 spiro atoms. The van der Waals surface area contributed by atoms with E-state index in [1.807, 2.05) is 0 Å². The Balaban J connectivity index is 1.75. The molecule has 34 heavy (non-hydrogen) atoms. The molecule has 2 heterocycles. The van der Waals surface area contributed by atoms with Gasteiger partial charge in [-0.25, -0.2) is 4.39 Å². The molecule has 2 amide bonds. The zero-order valence-corrected chi connectivity index (χ0v) is 18.3. The maximum Gasteiger partial charge on any atom is 0.417 e. The van der Waals surface area contributed by atoms with Gasteiger partial charge in [0.25, 0.3) is 11.8 Å². The Hall–Kier alpha value is -3.21. The normalized spacial score (nSPS) is 26.2. The summed E-state index contributed by atoms with van der Waals surface area (Å²) in [5.41, 5.74) is -1.67. The zero-order valence-electron chi connectivity index (χ0n) is 18.3. The number of fused-ring (bicyclic) bond motifs is 1. The largest absolute Gasteiger partial charge is 0.493 e. The van der Waals surface area contributed by atoms with Crippen LogP contribution < -0.4 is 15.4 Å². The number of hydrogen-bond acceptors (Lipinski definition) is 4. The molecule has 182 valence electrons. The van der Waals surface area contributed by atoms with Crippen LogP contribution >= 0.6 is 0 Å². The highest BCUT2D eigenvalue weighted by atomic mass is 19.4. The molecule has 6 nitrogen and oxygen atoms in total. The van der Waals surface area contributed by atoms with Gasteiger partial charge in [0.2, 0.25) is 5.82 Å². The van der Waals surface area contributed by atoms with Crippen LogP contribution in [-0.4, -0.2) is 36.8 Å². The van der Waals surface area contributed by atoms with Crippen molar-refractivity contribution in [3.05, 3.63) is 58.7 Å². The van der Waals surface area contributed by atoms with Gasteiger partial charge in [-0.2, -0.15) is 17.6 Å². The van der Waals surface area contributed by atoms with Crippen LogP contribution in [0.1, 0.15) is 41.3 Å². The first-order valence-corrected chi connectivity index (χ1v) is 10.4. The Morgan fingerprint density at radius 1 is 1.24 bits per heavy atom. The molecule has 0 radical (unpaired) electrons. The molecular weight excluding hydrogens is 463 g/mol. The molecule has 2 aromatic rings. The number of benzene rings is 2. The van der Waals surface area contributed by atoms with Gasteiger partial charge in [-0.1, -0.05) is 19.1 Å². The van der Waals surface area contributed by atoms with Crippen LogP contribution in [0.4, 0.5) is 27.6 Å². The van der Waals surface area contributed by atoms with Crippen molar-refractivity contribution in [2.45, 2.75) is 44.2 Å². The maximum atomic E-state index is 14.4. The van der Waals surface area contributed by atoms with E-state index in [0.29, 0.717) is 17.7 Å². The van der Waals surface area contributed by atoms with E-state index in [4.69, 9.17) is 9.47 Å². The van der Waals surface area contributed by atoms with Crippen LogP contribution in [0.2, 0.25) is 0 Å². The zero-order chi connectivity index (χ0) is 25.0. The van der Waals surface area contributed by atoms with Crippen molar-refractivity contribution in [2.24, 2.45) is 5.92 Å². The standard InChI is InChI=1S/C23H21F5N2O4/c1-10-16(13-6-7-15(24)17(25)18(13)33-3)19(34-22(10,2)23(26,27)28)21(32)30-12-5-4-11-9-29-20(31)14(11)8-12/h4-8,10,16,19H,9H2,1-3H3,(H,29,31)(H,30,32)/t10-,16-,19+,22+/m0/s1. The number of nitrogens with one attached hydrogen (secondary N) is 2. The molecule has 0 aliphatic carbocycles. The van der Waals surface area contributed by atoms with Crippen molar-refractivity contribution in [3.8, 4) is 5.75 Å². The molecule has 0 unspecified atom stereocenters. The molecule has 2 aliphatic rings. The third kappa shape index (κ3) is 3.67. The molecule has 0 bridgehead atoms. The summed E-state index contributed by atoms with van der Waals surface area (Å²) in [4.78, 5) is 25.1. The van der Waals surface area contributed by atoms with Gasteiger partial charge in [-0.15, -0.1) is 0 Å². The highest BCUT2D eigenvalue weighted by Gasteiger charge is 2.65. The molecule has 2 aromatic carbocycles. The second kappa shape index (κ2) is 8.23. The monoisotopic (exact) mass is 484 g/mol. The fourth-order valence-electron chi connectivity index (χ4n) is 4.54. The Morgan fingerprint density at radius 2 is 1.94 bits per heavy atom. The summed E-state index contributed by atoms with van der Waals surface area (Å²) in [6.45, 7) is 2.36. The summed E-state index contributed by atoms with van der Waals surface area (Å²) >= 11 is 0. The van der Waals surface area contributed by atoms with Crippen LogP contribution in [0.15, 0.2) is 30.3 Å². The molecule has 2 aliphatic heterocycles. The number of amides is 2. The Kier molecular flexibility index (Phi) is 5.79. The maximum absolute atomic E-state index is 14.4. The van der Waals surface area contributed by atoms with Crippen LogP contribution in [0, 0.1) is 17.6 Å². The number of carbonyl (C=O) groups is 2. The lowest BCUT2D eigenvalue weighted by Crippen LogP contribution is -2.47. The van der Waals surface area contributed by atoms with E-state index in [-0.39, 0.29) is 17.2 Å². The number of hydrogen-bond donors (Lipinski definition) is 2. The van der Waals surface area contributed by atoms with Crippen molar-refractivity contribution < 1.29 is 41.0 Å². The first-order valence-electron chi connectivity index (χ1n) is 10.4. The van der Waals surface area contributed by atoms with Gasteiger partial charge < -0.3 is 20.1 Å². The van der Waals surface area contributed by atoms with Crippen LogP contribution in [0.3, 0.4) is 0 Å². The lowest BCUT2D eigenvalue weighted by molar-refractivity contribution is -0.272. The van der Waals surface area contributed by atoms with E-state index < -0.39 is 53.0 Å². The van der Waals surface area contributed by atoms with Crippen molar-refractivity contribution in [1.29, 1.82) is 0 Å². The van der Waals surface area contributed by atoms with E-state index in [9.17, 15) is 31.5 Å². The molecule has 2 N–H and O–H groups in total. The Labute approximate surface area is 191 Å². The highest BCUT2D eigenvalue weighted by molar-refractivity contribution is 6.01. The van der Waals surface area contributed by atoms with E-state index in [1.54, 1.807) is 6.07 Å². The second-order valence-corrected chi connectivity index (χ2v) is 8.49. The summed E-state index contributed by atoms with van der Waals surface area (Å²) in [5, 5.41) is 5.11. The number of anilines is 1. The topological polar surface area (TPSA) is 76.7 Å². The summed E-state index contributed by atoms with van der Waals surface area (Å²) in [6.07, 6.45) is -6.58. The summed E-state index contributed by atoms with van der Waals surface area (Å²) < 4.78 is 80.5. The number of rotatable bonds is 4. The van der Waals surface area contributed by atoms with Crippen LogP contribution in [0.5, 0.6) is 5.75 Å². The number of halogens is 5. The summed E-state index contributed by atoms with van der Waals surface area (Å²) in [7, 11) is 1.05. The molecule has 0 aromatic heterocycles. The lowest BCUT2D eigenvalue weighted by Gasteiger charge is -2.32. The molecular formula is C23H21F5N2O4. The lowest BCUT2D eigenvalue weighted by atomic mass is 9.77. The van der Waals surface area contributed by atoms with E-state index >= 15 is 0 Å². The van der Waals surface area contributed by atoms with E-state index in [2.05, 4.69) is 10.6 Å². The first kappa shape index (κ1) is 23.9. The van der Waals surface area contributed by atoms with Gasteiger partial charge in [0, 0.05) is 35.2 Å².